The summed E-state index contributed by atoms with van der Waals surface area (Å²) >= 11 is 5.75. The van der Waals surface area contributed by atoms with Crippen LogP contribution in [0.1, 0.15) is 5.69 Å². The summed E-state index contributed by atoms with van der Waals surface area (Å²) in [6.07, 6.45) is 0. The number of halogens is 1. The predicted molar refractivity (Wildman–Crippen MR) is 43.8 cm³/mol. The standard InChI is InChI=1S/C6H5ClN4O/c1-2-3-4(12-11-2)6(8)10-9-5(3)7/h1H3,(H2,8,10). The zero-order valence-corrected chi connectivity index (χ0v) is 6.96. The van der Waals surface area contributed by atoms with Crippen molar-refractivity contribution in [3.63, 3.8) is 0 Å². The molecule has 0 saturated carbocycles. The van der Waals surface area contributed by atoms with Crippen LogP contribution in [0, 0.1) is 6.92 Å². The van der Waals surface area contributed by atoms with E-state index in [0.717, 1.165) is 0 Å². The first kappa shape index (κ1) is 7.30. The third kappa shape index (κ3) is 0.831. The Morgan fingerprint density at radius 2 is 2.17 bits per heavy atom. The zero-order valence-electron chi connectivity index (χ0n) is 6.21. The van der Waals surface area contributed by atoms with Gasteiger partial charge in [-0.2, -0.15) is 0 Å². The summed E-state index contributed by atoms with van der Waals surface area (Å²) in [5.41, 5.74) is 6.53. The maximum absolute atomic E-state index is 5.75. The number of hydrogen-bond acceptors (Lipinski definition) is 5. The lowest BCUT2D eigenvalue weighted by Gasteiger charge is -1.92. The third-order valence-electron chi connectivity index (χ3n) is 1.55. The Morgan fingerprint density at radius 3 is 2.83 bits per heavy atom. The van der Waals surface area contributed by atoms with Crippen molar-refractivity contribution in [1.82, 2.24) is 15.4 Å². The number of fused-ring (bicyclic) bond motifs is 1. The van der Waals surface area contributed by atoms with Crippen LogP contribution < -0.4 is 5.73 Å². The maximum atomic E-state index is 5.75. The van der Waals surface area contributed by atoms with Crippen LogP contribution in [-0.2, 0) is 0 Å². The molecule has 2 heterocycles. The normalized spacial score (nSPS) is 10.8. The van der Waals surface area contributed by atoms with Crippen molar-refractivity contribution in [2.75, 3.05) is 5.73 Å². The van der Waals surface area contributed by atoms with Gasteiger partial charge in [-0.15, -0.1) is 10.2 Å². The second-order valence-corrected chi connectivity index (χ2v) is 2.71. The van der Waals surface area contributed by atoms with Gasteiger partial charge in [0.25, 0.3) is 0 Å². The highest BCUT2D eigenvalue weighted by Crippen LogP contribution is 2.26. The molecule has 0 saturated heterocycles. The van der Waals surface area contributed by atoms with Crippen LogP contribution >= 0.6 is 11.6 Å². The number of aromatic nitrogens is 3. The summed E-state index contributed by atoms with van der Waals surface area (Å²) in [6, 6.07) is 0. The van der Waals surface area contributed by atoms with Gasteiger partial charge in [0.2, 0.25) is 5.58 Å². The van der Waals surface area contributed by atoms with Gasteiger partial charge in [0, 0.05) is 0 Å². The molecular formula is C6H5ClN4O. The Balaban J connectivity index is 2.98. The van der Waals surface area contributed by atoms with Crippen molar-refractivity contribution < 1.29 is 4.52 Å². The molecule has 0 fully saturated rings. The van der Waals surface area contributed by atoms with Gasteiger partial charge in [-0.1, -0.05) is 16.8 Å². The molecule has 0 atom stereocenters. The fourth-order valence-electron chi connectivity index (χ4n) is 0.981. The molecule has 2 rings (SSSR count). The Morgan fingerprint density at radius 1 is 1.42 bits per heavy atom. The van der Waals surface area contributed by atoms with Crippen molar-refractivity contribution in [1.29, 1.82) is 0 Å². The van der Waals surface area contributed by atoms with Gasteiger partial charge in [0.1, 0.15) is 0 Å². The second kappa shape index (κ2) is 2.31. The van der Waals surface area contributed by atoms with Crippen molar-refractivity contribution in [3.8, 4) is 0 Å². The van der Waals surface area contributed by atoms with Crippen LogP contribution in [-0.4, -0.2) is 15.4 Å². The average Bonchev–Trinajstić information content (AvgIpc) is 2.42. The van der Waals surface area contributed by atoms with E-state index in [1.807, 2.05) is 0 Å². The van der Waals surface area contributed by atoms with Crippen molar-refractivity contribution >= 4 is 28.4 Å². The smallest absolute Gasteiger partial charge is 0.214 e. The van der Waals surface area contributed by atoms with E-state index in [0.29, 0.717) is 16.7 Å². The van der Waals surface area contributed by atoms with Gasteiger partial charge in [-0.25, -0.2) is 0 Å². The monoisotopic (exact) mass is 184 g/mol. The van der Waals surface area contributed by atoms with Crippen LogP contribution in [0.15, 0.2) is 4.52 Å². The molecule has 2 aromatic heterocycles. The van der Waals surface area contributed by atoms with Gasteiger partial charge in [-0.05, 0) is 6.92 Å². The number of hydrogen-bond donors (Lipinski definition) is 1. The molecule has 0 aliphatic rings. The van der Waals surface area contributed by atoms with Crippen LogP contribution in [0.5, 0.6) is 0 Å². The summed E-state index contributed by atoms with van der Waals surface area (Å²) in [7, 11) is 0. The molecule has 62 valence electrons. The minimum Gasteiger partial charge on any atom is -0.379 e. The van der Waals surface area contributed by atoms with E-state index in [2.05, 4.69) is 15.4 Å². The molecule has 0 aliphatic carbocycles. The van der Waals surface area contributed by atoms with E-state index in [4.69, 9.17) is 21.9 Å². The van der Waals surface area contributed by atoms with E-state index < -0.39 is 0 Å². The van der Waals surface area contributed by atoms with E-state index in [9.17, 15) is 0 Å². The molecule has 0 aromatic carbocycles. The summed E-state index contributed by atoms with van der Waals surface area (Å²) in [6.45, 7) is 1.76. The van der Waals surface area contributed by atoms with Crippen LogP contribution in [0.25, 0.3) is 11.0 Å². The van der Waals surface area contributed by atoms with E-state index in [1.165, 1.54) is 0 Å². The zero-order chi connectivity index (χ0) is 8.72. The summed E-state index contributed by atoms with van der Waals surface area (Å²) in [5.74, 6) is 0.204. The molecule has 2 N–H and O–H groups in total. The maximum Gasteiger partial charge on any atom is 0.214 e. The number of rotatable bonds is 0. The minimum atomic E-state index is 0.204. The Kier molecular flexibility index (Phi) is 1.41. The van der Waals surface area contributed by atoms with E-state index >= 15 is 0 Å². The van der Waals surface area contributed by atoms with E-state index in [1.54, 1.807) is 6.92 Å². The molecule has 0 amide bonds. The largest absolute Gasteiger partial charge is 0.379 e. The fraction of sp³-hybridized carbons (Fsp3) is 0.167. The van der Waals surface area contributed by atoms with Crippen molar-refractivity contribution in [3.05, 3.63) is 10.8 Å². The molecule has 12 heavy (non-hydrogen) atoms. The summed E-state index contributed by atoms with van der Waals surface area (Å²) in [5, 5.41) is 11.8. The van der Waals surface area contributed by atoms with Crippen molar-refractivity contribution in [2.45, 2.75) is 6.92 Å². The molecule has 0 spiro atoms. The highest BCUT2D eigenvalue weighted by atomic mass is 35.5. The Labute approximate surface area is 72.5 Å². The average molecular weight is 185 g/mol. The minimum absolute atomic E-state index is 0.204. The first-order chi connectivity index (χ1) is 5.70. The number of nitrogen functional groups attached to an aromatic ring is 1. The summed E-state index contributed by atoms with van der Waals surface area (Å²) in [4.78, 5) is 0. The lowest BCUT2D eigenvalue weighted by Crippen LogP contribution is -1.93. The number of anilines is 1. The molecule has 0 unspecified atom stereocenters. The highest BCUT2D eigenvalue weighted by molar-refractivity contribution is 6.34. The Hall–Kier alpha value is -1.36. The lowest BCUT2D eigenvalue weighted by atomic mass is 10.3. The highest BCUT2D eigenvalue weighted by Gasteiger charge is 2.12. The number of nitrogens with two attached hydrogens (primary N) is 1. The molecule has 2 aromatic rings. The van der Waals surface area contributed by atoms with Crippen molar-refractivity contribution in [2.24, 2.45) is 0 Å². The summed E-state index contributed by atoms with van der Waals surface area (Å²) < 4.78 is 4.90. The van der Waals surface area contributed by atoms with Gasteiger partial charge in [-0.3, -0.25) is 0 Å². The molecule has 5 nitrogen and oxygen atoms in total. The first-order valence-electron chi connectivity index (χ1n) is 3.24. The van der Waals surface area contributed by atoms with E-state index in [-0.39, 0.29) is 11.0 Å². The SMILES string of the molecule is Cc1noc2c(N)nnc(Cl)c12. The molecule has 0 aliphatic heterocycles. The predicted octanol–water partition coefficient (Wildman–Crippen LogP) is 1.16. The first-order valence-corrected chi connectivity index (χ1v) is 3.61. The van der Waals surface area contributed by atoms with Crippen LogP contribution in [0.2, 0.25) is 5.15 Å². The Bertz CT molecular complexity index is 438. The molecule has 6 heteroatoms. The fourth-order valence-corrected chi connectivity index (χ4v) is 1.24. The lowest BCUT2D eigenvalue weighted by molar-refractivity contribution is 0.450. The quantitative estimate of drug-likeness (QED) is 0.665. The van der Waals surface area contributed by atoms with Crippen LogP contribution in [0.4, 0.5) is 5.82 Å². The molecular weight excluding hydrogens is 180 g/mol. The van der Waals surface area contributed by atoms with Crippen LogP contribution in [0.3, 0.4) is 0 Å². The van der Waals surface area contributed by atoms with Gasteiger partial charge in [0.05, 0.1) is 11.1 Å². The molecule has 0 radical (unpaired) electrons. The van der Waals surface area contributed by atoms with Gasteiger partial charge < -0.3 is 10.3 Å². The second-order valence-electron chi connectivity index (χ2n) is 2.35. The topological polar surface area (TPSA) is 77.8 Å². The molecule has 0 bridgehead atoms. The third-order valence-corrected chi connectivity index (χ3v) is 1.81. The number of aryl methyl sites for hydroxylation is 1. The van der Waals surface area contributed by atoms with Gasteiger partial charge >= 0.3 is 0 Å². The van der Waals surface area contributed by atoms with Gasteiger partial charge in [0.15, 0.2) is 11.0 Å². The number of nitrogens with zero attached hydrogens (tertiary/aromatic N) is 3.